The van der Waals surface area contributed by atoms with Crippen LogP contribution in [0.25, 0.3) is 11.3 Å². The van der Waals surface area contributed by atoms with Gasteiger partial charge in [-0.1, -0.05) is 67.6 Å². The molecule has 1 aromatic heterocycles. The highest BCUT2D eigenvalue weighted by Gasteiger charge is 2.28. The van der Waals surface area contributed by atoms with E-state index in [1.54, 1.807) is 31.4 Å². The molecule has 0 fully saturated rings. The quantitative estimate of drug-likeness (QED) is 0.203. The third-order valence-corrected chi connectivity index (χ3v) is 7.89. The molecule has 10 heteroatoms. The lowest BCUT2D eigenvalue weighted by Gasteiger charge is -2.24. The number of ether oxygens (including phenoxy) is 2. The summed E-state index contributed by atoms with van der Waals surface area (Å²) in [5.41, 5.74) is 0.939. The van der Waals surface area contributed by atoms with E-state index in [9.17, 15) is 9.18 Å². The first kappa shape index (κ1) is 30.3. The molecular formula is C29H36ClFN4O3Si. The molecule has 2 aromatic carbocycles. The highest BCUT2D eigenvalue weighted by atomic mass is 35.5. The van der Waals surface area contributed by atoms with Gasteiger partial charge in [0.1, 0.15) is 40.9 Å². The van der Waals surface area contributed by atoms with Gasteiger partial charge in [-0.3, -0.25) is 4.57 Å². The summed E-state index contributed by atoms with van der Waals surface area (Å²) in [6.07, 6.45) is -0.191. The van der Waals surface area contributed by atoms with Crippen molar-refractivity contribution in [2.75, 3.05) is 6.61 Å². The number of amides is 1. The van der Waals surface area contributed by atoms with E-state index in [-0.39, 0.29) is 17.4 Å². The molecule has 0 aliphatic rings. The predicted molar refractivity (Wildman–Crippen MR) is 154 cm³/mol. The maximum Gasteiger partial charge on any atom is 0.408 e. The van der Waals surface area contributed by atoms with Crippen molar-refractivity contribution < 1.29 is 18.7 Å². The van der Waals surface area contributed by atoms with E-state index in [2.05, 4.69) is 25.0 Å². The number of hydrogen-bond donors (Lipinski definition) is 1. The van der Waals surface area contributed by atoms with Crippen molar-refractivity contribution >= 4 is 25.8 Å². The maximum atomic E-state index is 14.5. The fourth-order valence-electron chi connectivity index (χ4n) is 3.82. The number of rotatable bonds is 10. The summed E-state index contributed by atoms with van der Waals surface area (Å²) in [6.45, 7) is 12.8. The van der Waals surface area contributed by atoms with Crippen molar-refractivity contribution in [3.8, 4) is 17.3 Å². The lowest BCUT2D eigenvalue weighted by molar-refractivity contribution is 0.0491. The van der Waals surface area contributed by atoms with E-state index in [4.69, 9.17) is 31.3 Å². The average molecular weight is 571 g/mol. The molecule has 0 aliphatic carbocycles. The molecule has 0 saturated heterocycles. The van der Waals surface area contributed by atoms with E-state index >= 15 is 0 Å². The number of carbonyl (C=O) groups excluding carboxylic acids is 1. The summed E-state index contributed by atoms with van der Waals surface area (Å²) in [4.78, 5) is 17.7. The zero-order valence-electron chi connectivity index (χ0n) is 23.3. The molecular weight excluding hydrogens is 535 g/mol. The lowest BCUT2D eigenvalue weighted by atomic mass is 10.1. The third-order valence-electron chi connectivity index (χ3n) is 5.80. The molecule has 0 unspecified atom stereocenters. The van der Waals surface area contributed by atoms with Crippen LogP contribution in [-0.4, -0.2) is 35.9 Å². The number of hydrogen-bond acceptors (Lipinski definition) is 5. The van der Waals surface area contributed by atoms with Crippen molar-refractivity contribution in [1.29, 1.82) is 5.26 Å². The molecule has 1 atom stereocenters. The molecule has 1 amide bonds. The van der Waals surface area contributed by atoms with Gasteiger partial charge >= 0.3 is 6.09 Å². The third kappa shape index (κ3) is 8.92. The Morgan fingerprint density at radius 3 is 2.49 bits per heavy atom. The van der Waals surface area contributed by atoms with Gasteiger partial charge in [0.15, 0.2) is 0 Å². The predicted octanol–water partition coefficient (Wildman–Crippen LogP) is 7.34. The molecule has 3 rings (SSSR count). The van der Waals surface area contributed by atoms with Crippen molar-refractivity contribution in [2.45, 2.75) is 71.3 Å². The summed E-state index contributed by atoms with van der Waals surface area (Å²) in [7, 11) is -1.33. The van der Waals surface area contributed by atoms with Gasteiger partial charge in [-0.05, 0) is 44.5 Å². The largest absolute Gasteiger partial charge is 0.444 e. The monoisotopic (exact) mass is 570 g/mol. The minimum absolute atomic E-state index is 0.0715. The number of carbonyl (C=O) groups is 1. The van der Waals surface area contributed by atoms with Crippen LogP contribution in [-0.2, 0) is 22.6 Å². The first-order valence-corrected chi connectivity index (χ1v) is 16.9. The second-order valence-electron chi connectivity index (χ2n) is 11.6. The van der Waals surface area contributed by atoms with Crippen LogP contribution in [0.3, 0.4) is 0 Å². The van der Waals surface area contributed by atoms with Gasteiger partial charge in [-0.2, -0.15) is 5.26 Å². The molecule has 208 valence electrons. The van der Waals surface area contributed by atoms with Crippen LogP contribution in [0.5, 0.6) is 0 Å². The van der Waals surface area contributed by atoms with Crippen LogP contribution >= 0.6 is 11.6 Å². The Hall–Kier alpha value is -3.19. The summed E-state index contributed by atoms with van der Waals surface area (Å²) in [5.74, 6) is -0.219. The Morgan fingerprint density at radius 1 is 1.21 bits per heavy atom. The van der Waals surface area contributed by atoms with Gasteiger partial charge in [0, 0.05) is 26.7 Å². The fraction of sp³-hybridized carbons (Fsp3) is 0.414. The molecule has 0 saturated carbocycles. The number of aromatic nitrogens is 2. The molecule has 0 aliphatic heterocycles. The Bertz CT molecular complexity index is 1330. The van der Waals surface area contributed by atoms with Crippen molar-refractivity contribution in [2.24, 2.45) is 0 Å². The van der Waals surface area contributed by atoms with Gasteiger partial charge in [0.2, 0.25) is 0 Å². The number of nitriles is 1. The van der Waals surface area contributed by atoms with Gasteiger partial charge in [0.25, 0.3) is 0 Å². The smallest absolute Gasteiger partial charge is 0.408 e. The lowest BCUT2D eigenvalue weighted by Crippen LogP contribution is -2.37. The first-order chi connectivity index (χ1) is 18.3. The van der Waals surface area contributed by atoms with Gasteiger partial charge in [-0.15, -0.1) is 0 Å². The molecule has 1 heterocycles. The highest BCUT2D eigenvalue weighted by molar-refractivity contribution is 6.76. The summed E-state index contributed by atoms with van der Waals surface area (Å²) in [5, 5.41) is 12.3. The maximum absolute atomic E-state index is 14.5. The highest BCUT2D eigenvalue weighted by Crippen LogP contribution is 2.33. The van der Waals surface area contributed by atoms with Gasteiger partial charge < -0.3 is 14.8 Å². The Morgan fingerprint density at radius 2 is 1.90 bits per heavy atom. The second-order valence-corrected chi connectivity index (χ2v) is 17.6. The van der Waals surface area contributed by atoms with Crippen LogP contribution in [0.1, 0.15) is 43.8 Å². The number of benzene rings is 2. The van der Waals surface area contributed by atoms with E-state index < -0.39 is 31.6 Å². The number of nitrogens with zero attached hydrogens (tertiary/aromatic N) is 3. The van der Waals surface area contributed by atoms with Crippen LogP contribution in [0.15, 0.2) is 48.5 Å². The van der Waals surface area contributed by atoms with Crippen LogP contribution < -0.4 is 5.32 Å². The van der Waals surface area contributed by atoms with Gasteiger partial charge in [0.05, 0.1) is 11.6 Å². The number of imidazole rings is 1. The first-order valence-electron chi connectivity index (χ1n) is 12.8. The molecule has 1 N–H and O–H groups in total. The zero-order chi connectivity index (χ0) is 28.8. The summed E-state index contributed by atoms with van der Waals surface area (Å²) >= 11 is 6.85. The number of alkyl carbamates (subject to hydrolysis) is 1. The Balaban J connectivity index is 2.06. The standard InChI is InChI=1S/C29H36ClFN4O3Si/c1-29(2,3)38-28(36)33-24(16-20-10-8-7-9-11-20)27-34-25(21-12-13-22(18-32)23(31)17-21)26(30)35(27)19-37-14-15-39(4,5)6/h7-13,17,24H,14-16,19H2,1-6H3,(H,33,36)/t24-/m0/s1. The van der Waals surface area contributed by atoms with Crippen molar-refractivity contribution in [3.63, 3.8) is 0 Å². The zero-order valence-corrected chi connectivity index (χ0v) is 25.1. The van der Waals surface area contributed by atoms with Crippen LogP contribution in [0.4, 0.5) is 9.18 Å². The molecule has 3 aromatic rings. The van der Waals surface area contributed by atoms with E-state index in [0.29, 0.717) is 30.1 Å². The summed E-state index contributed by atoms with van der Waals surface area (Å²) in [6, 6.07) is 16.1. The molecule has 39 heavy (non-hydrogen) atoms. The van der Waals surface area contributed by atoms with Crippen LogP contribution in [0, 0.1) is 17.1 Å². The van der Waals surface area contributed by atoms with E-state index in [1.807, 2.05) is 36.4 Å². The van der Waals surface area contributed by atoms with E-state index in [0.717, 1.165) is 11.6 Å². The van der Waals surface area contributed by atoms with E-state index in [1.165, 1.54) is 12.1 Å². The molecule has 0 bridgehead atoms. The molecule has 7 nitrogen and oxygen atoms in total. The molecule has 0 spiro atoms. The summed E-state index contributed by atoms with van der Waals surface area (Å²) < 4.78 is 27.8. The van der Waals surface area contributed by atoms with Crippen molar-refractivity contribution in [1.82, 2.24) is 14.9 Å². The topological polar surface area (TPSA) is 89.2 Å². The average Bonchev–Trinajstić information content (AvgIpc) is 3.16. The number of nitrogens with one attached hydrogen (secondary N) is 1. The van der Waals surface area contributed by atoms with Crippen molar-refractivity contribution in [3.05, 3.63) is 76.5 Å². The Kier molecular flexibility index (Phi) is 9.94. The second kappa shape index (κ2) is 12.8. The SMILES string of the molecule is CC(C)(C)OC(=O)N[C@@H](Cc1ccccc1)c1nc(-c2ccc(C#N)c(F)c2)c(Cl)n1COCC[Si](C)(C)C. The van der Waals surface area contributed by atoms with Crippen LogP contribution in [0.2, 0.25) is 30.8 Å². The Labute approximate surface area is 235 Å². The minimum Gasteiger partial charge on any atom is -0.444 e. The van der Waals surface area contributed by atoms with Gasteiger partial charge in [-0.25, -0.2) is 14.2 Å². The number of halogens is 2. The minimum atomic E-state index is -1.33. The normalized spacial score (nSPS) is 12.6. The molecule has 0 radical (unpaired) electrons. The fourth-order valence-corrected chi connectivity index (χ4v) is 4.86.